The fraction of sp³-hybridized carbons (Fsp3) is 0.360. The maximum Gasteiger partial charge on any atom is 0.407 e. The number of nitrogens with zero attached hydrogens (tertiary/aromatic N) is 4. The fourth-order valence-electron chi connectivity index (χ4n) is 3.45. The third-order valence-electron chi connectivity index (χ3n) is 4.94. The van der Waals surface area contributed by atoms with Gasteiger partial charge in [0.1, 0.15) is 40.9 Å². The van der Waals surface area contributed by atoms with Gasteiger partial charge in [0.25, 0.3) is 0 Å². The molecule has 0 aliphatic rings. The SMILES string of the molecule is Cn1ccc(-c2nnc(-c3ccc(F)cc3OCCOCCNC(=O)OC(C)(C)C)c3sccc23)n1. The number of aryl methyl sites for hydroxylation is 1. The van der Waals surface area contributed by atoms with E-state index in [1.54, 1.807) is 31.5 Å². The van der Waals surface area contributed by atoms with Crippen LogP contribution in [-0.2, 0) is 16.5 Å². The summed E-state index contributed by atoms with van der Waals surface area (Å²) in [5.41, 5.74) is 2.11. The second-order valence-corrected chi connectivity index (χ2v) is 9.88. The van der Waals surface area contributed by atoms with Crippen LogP contribution in [0.2, 0.25) is 0 Å². The Bertz CT molecular complexity index is 1350. The van der Waals surface area contributed by atoms with Crippen molar-refractivity contribution < 1.29 is 23.4 Å². The van der Waals surface area contributed by atoms with Crippen molar-refractivity contribution in [2.24, 2.45) is 7.05 Å². The highest BCUT2D eigenvalue weighted by atomic mass is 32.1. The van der Waals surface area contributed by atoms with Gasteiger partial charge in [0, 0.05) is 36.8 Å². The number of thiophene rings is 1. The highest BCUT2D eigenvalue weighted by Crippen LogP contribution is 2.38. The Labute approximate surface area is 212 Å². The number of rotatable bonds is 9. The molecule has 0 fully saturated rings. The quantitative estimate of drug-likeness (QED) is 0.320. The first-order chi connectivity index (χ1) is 17.2. The summed E-state index contributed by atoms with van der Waals surface area (Å²) in [5.74, 6) is -0.0724. The van der Waals surface area contributed by atoms with Gasteiger partial charge in [0.15, 0.2) is 0 Å². The van der Waals surface area contributed by atoms with E-state index in [0.717, 1.165) is 15.8 Å². The van der Waals surface area contributed by atoms with Gasteiger partial charge in [-0.1, -0.05) is 0 Å². The molecule has 0 bridgehead atoms. The van der Waals surface area contributed by atoms with Crippen LogP contribution in [0.15, 0.2) is 41.9 Å². The summed E-state index contributed by atoms with van der Waals surface area (Å²) >= 11 is 1.52. The zero-order valence-corrected chi connectivity index (χ0v) is 21.4. The standard InChI is InChI=1S/C25H28FN5O4S/c1-25(2,3)35-24(32)27-9-11-33-12-13-34-20-15-16(26)5-6-17(20)22-23-18(8-14-36-23)21(28-29-22)19-7-10-31(4)30-19/h5-8,10,14-15H,9,11-13H2,1-4H3,(H,27,32). The van der Waals surface area contributed by atoms with Gasteiger partial charge < -0.3 is 19.5 Å². The van der Waals surface area contributed by atoms with Gasteiger partial charge in [0.05, 0.1) is 17.9 Å². The van der Waals surface area contributed by atoms with Crippen LogP contribution in [0.5, 0.6) is 5.75 Å². The first kappa shape index (κ1) is 25.5. The van der Waals surface area contributed by atoms with Crippen LogP contribution in [0.4, 0.5) is 9.18 Å². The van der Waals surface area contributed by atoms with Gasteiger partial charge in [-0.2, -0.15) is 5.10 Å². The molecule has 0 saturated carbocycles. The number of carbonyl (C=O) groups excluding carboxylic acids is 1. The highest BCUT2D eigenvalue weighted by molar-refractivity contribution is 7.17. The van der Waals surface area contributed by atoms with E-state index in [0.29, 0.717) is 29.2 Å². The average molecular weight is 514 g/mol. The maximum absolute atomic E-state index is 14.1. The summed E-state index contributed by atoms with van der Waals surface area (Å²) in [4.78, 5) is 11.6. The van der Waals surface area contributed by atoms with Crippen molar-refractivity contribution in [2.75, 3.05) is 26.4 Å². The first-order valence-electron chi connectivity index (χ1n) is 11.4. The number of hydrogen-bond donors (Lipinski definition) is 1. The number of carbonyl (C=O) groups is 1. The lowest BCUT2D eigenvalue weighted by Gasteiger charge is -2.19. The lowest BCUT2D eigenvalue weighted by molar-refractivity contribution is 0.0489. The van der Waals surface area contributed by atoms with Gasteiger partial charge in [0.2, 0.25) is 0 Å². The molecule has 0 aliphatic carbocycles. The van der Waals surface area contributed by atoms with Crippen molar-refractivity contribution in [3.63, 3.8) is 0 Å². The number of amides is 1. The molecular formula is C25H28FN5O4S. The molecule has 3 heterocycles. The van der Waals surface area contributed by atoms with Crippen molar-refractivity contribution in [3.05, 3.63) is 47.7 Å². The largest absolute Gasteiger partial charge is 0.490 e. The molecule has 0 atom stereocenters. The van der Waals surface area contributed by atoms with E-state index in [2.05, 4.69) is 20.6 Å². The molecule has 4 rings (SSSR count). The molecule has 1 N–H and O–H groups in total. The zero-order valence-electron chi connectivity index (χ0n) is 20.6. The molecule has 190 valence electrons. The molecule has 0 unspecified atom stereocenters. The third-order valence-corrected chi connectivity index (χ3v) is 5.86. The number of benzene rings is 1. The number of nitrogens with one attached hydrogen (secondary N) is 1. The molecular weight excluding hydrogens is 485 g/mol. The summed E-state index contributed by atoms with van der Waals surface area (Å²) in [7, 11) is 1.85. The van der Waals surface area contributed by atoms with E-state index in [1.165, 1.54) is 23.5 Å². The van der Waals surface area contributed by atoms with E-state index < -0.39 is 17.5 Å². The van der Waals surface area contributed by atoms with Crippen molar-refractivity contribution in [3.8, 4) is 28.4 Å². The Balaban J connectivity index is 1.41. The fourth-order valence-corrected chi connectivity index (χ4v) is 4.34. The van der Waals surface area contributed by atoms with Crippen molar-refractivity contribution in [2.45, 2.75) is 26.4 Å². The molecule has 1 aromatic carbocycles. The Kier molecular flexibility index (Phi) is 7.80. The Hall–Kier alpha value is -3.57. The van der Waals surface area contributed by atoms with Crippen LogP contribution in [0.1, 0.15) is 20.8 Å². The summed E-state index contributed by atoms with van der Waals surface area (Å²) in [5, 5.41) is 18.8. The molecule has 4 aromatic rings. The number of alkyl carbamates (subject to hydrolysis) is 1. The average Bonchev–Trinajstić information content (AvgIpc) is 3.46. The lowest BCUT2D eigenvalue weighted by Crippen LogP contribution is -2.34. The van der Waals surface area contributed by atoms with E-state index in [1.807, 2.05) is 30.8 Å². The van der Waals surface area contributed by atoms with Crippen LogP contribution < -0.4 is 10.1 Å². The predicted octanol–water partition coefficient (Wildman–Crippen LogP) is 4.82. The number of halogens is 1. The number of hydrogen-bond acceptors (Lipinski definition) is 8. The second kappa shape index (κ2) is 11.0. The maximum atomic E-state index is 14.1. The second-order valence-electron chi connectivity index (χ2n) is 8.97. The number of ether oxygens (including phenoxy) is 3. The molecule has 0 saturated heterocycles. The van der Waals surface area contributed by atoms with Crippen molar-refractivity contribution in [1.82, 2.24) is 25.3 Å². The van der Waals surface area contributed by atoms with Crippen LogP contribution in [0, 0.1) is 5.82 Å². The highest BCUT2D eigenvalue weighted by Gasteiger charge is 2.19. The third kappa shape index (κ3) is 6.35. The van der Waals surface area contributed by atoms with Gasteiger partial charge in [-0.25, -0.2) is 9.18 Å². The minimum absolute atomic E-state index is 0.190. The Morgan fingerprint density at radius 1 is 1.11 bits per heavy atom. The van der Waals surface area contributed by atoms with E-state index in [4.69, 9.17) is 14.2 Å². The molecule has 0 spiro atoms. The molecule has 1 amide bonds. The van der Waals surface area contributed by atoms with Crippen LogP contribution in [-0.4, -0.2) is 58.0 Å². The van der Waals surface area contributed by atoms with Crippen molar-refractivity contribution >= 4 is 27.5 Å². The van der Waals surface area contributed by atoms with Gasteiger partial charge >= 0.3 is 6.09 Å². The first-order valence-corrected chi connectivity index (χ1v) is 12.3. The monoisotopic (exact) mass is 513 g/mol. The van der Waals surface area contributed by atoms with Gasteiger partial charge in [-0.05, 0) is 50.4 Å². The van der Waals surface area contributed by atoms with E-state index in [9.17, 15) is 9.18 Å². The predicted molar refractivity (Wildman–Crippen MR) is 136 cm³/mol. The minimum atomic E-state index is -0.556. The van der Waals surface area contributed by atoms with E-state index in [-0.39, 0.29) is 19.8 Å². The molecule has 36 heavy (non-hydrogen) atoms. The van der Waals surface area contributed by atoms with Crippen LogP contribution in [0.25, 0.3) is 32.7 Å². The molecule has 3 aromatic heterocycles. The smallest absolute Gasteiger partial charge is 0.407 e. The minimum Gasteiger partial charge on any atom is -0.490 e. The topological polar surface area (TPSA) is 100 Å². The van der Waals surface area contributed by atoms with Crippen molar-refractivity contribution in [1.29, 1.82) is 0 Å². The summed E-state index contributed by atoms with van der Waals surface area (Å²) in [6, 6.07) is 8.20. The molecule has 0 aliphatic heterocycles. The lowest BCUT2D eigenvalue weighted by atomic mass is 10.1. The Morgan fingerprint density at radius 3 is 2.67 bits per heavy atom. The summed E-state index contributed by atoms with van der Waals surface area (Å²) in [6.07, 6.45) is 1.35. The van der Waals surface area contributed by atoms with E-state index >= 15 is 0 Å². The van der Waals surface area contributed by atoms with Gasteiger partial charge in [-0.15, -0.1) is 21.5 Å². The number of aromatic nitrogens is 4. The van der Waals surface area contributed by atoms with Crippen LogP contribution in [0.3, 0.4) is 0 Å². The molecule has 0 radical (unpaired) electrons. The number of fused-ring (bicyclic) bond motifs is 1. The van der Waals surface area contributed by atoms with Crippen LogP contribution >= 0.6 is 11.3 Å². The Morgan fingerprint density at radius 2 is 1.92 bits per heavy atom. The van der Waals surface area contributed by atoms with Gasteiger partial charge in [-0.3, -0.25) is 4.68 Å². The zero-order chi connectivity index (χ0) is 25.7. The summed E-state index contributed by atoms with van der Waals surface area (Å²) < 4.78 is 33.2. The molecule has 9 nitrogen and oxygen atoms in total. The molecule has 11 heteroatoms. The normalized spacial score (nSPS) is 11.6. The summed E-state index contributed by atoms with van der Waals surface area (Å²) in [6.45, 7) is 6.42.